The van der Waals surface area contributed by atoms with Crippen molar-refractivity contribution in [2.24, 2.45) is 10.9 Å². The topological polar surface area (TPSA) is 72.5 Å². The second-order valence-corrected chi connectivity index (χ2v) is 9.07. The second kappa shape index (κ2) is 10.2. The predicted molar refractivity (Wildman–Crippen MR) is 127 cm³/mol. The number of H-pyrrole nitrogens is 1. The van der Waals surface area contributed by atoms with E-state index >= 15 is 0 Å². The summed E-state index contributed by atoms with van der Waals surface area (Å²) < 4.78 is 0. The highest BCUT2D eigenvalue weighted by atomic mass is 16.2. The normalized spacial score (nSPS) is 20.4. The van der Waals surface area contributed by atoms with E-state index in [0.29, 0.717) is 5.91 Å². The molecule has 2 heterocycles. The average molecular weight is 424 g/mol. The van der Waals surface area contributed by atoms with Gasteiger partial charge in [0.15, 0.2) is 5.96 Å². The molecule has 168 valence electrons. The van der Waals surface area contributed by atoms with Crippen molar-refractivity contribution in [3.63, 3.8) is 0 Å². The molecule has 1 unspecified atom stereocenters. The number of fused-ring (bicyclic) bond motifs is 1. The number of hydrogen-bond acceptors (Lipinski definition) is 2. The van der Waals surface area contributed by atoms with Gasteiger partial charge in [-0.15, -0.1) is 0 Å². The van der Waals surface area contributed by atoms with Crippen LogP contribution in [0.1, 0.15) is 56.6 Å². The molecule has 1 saturated heterocycles. The number of rotatable bonds is 6. The first-order valence-corrected chi connectivity index (χ1v) is 12.0. The molecule has 1 aliphatic heterocycles. The number of likely N-dealkylation sites (tertiary alicyclic amines) is 1. The van der Waals surface area contributed by atoms with Crippen LogP contribution < -0.4 is 10.6 Å². The number of aliphatic imine (C=N–C) groups is 1. The lowest BCUT2D eigenvalue weighted by Crippen LogP contribution is -2.45. The highest BCUT2D eigenvalue weighted by Gasteiger charge is 2.31. The van der Waals surface area contributed by atoms with Crippen molar-refractivity contribution in [1.82, 2.24) is 20.5 Å². The molecule has 1 amide bonds. The lowest BCUT2D eigenvalue weighted by Gasteiger charge is -2.26. The van der Waals surface area contributed by atoms with Gasteiger partial charge in [-0.1, -0.05) is 37.5 Å². The third kappa shape index (κ3) is 5.23. The number of carbonyl (C=O) groups excluding carboxylic acids is 1. The van der Waals surface area contributed by atoms with Crippen molar-refractivity contribution in [2.45, 2.75) is 64.8 Å². The van der Waals surface area contributed by atoms with E-state index in [1.807, 2.05) is 0 Å². The molecule has 31 heavy (non-hydrogen) atoms. The standard InChI is InChI=1S/C25H37N5O/c1-3-26-25(27-14-12-20-16-28-23-18(2)8-7-11-22(20)23)29-21-13-15-30(17-21)24(31)19-9-5-4-6-10-19/h7-8,11,16,19,21,28H,3-6,9-10,12-15,17H2,1-2H3,(H2,26,27,29). The molecule has 1 aromatic heterocycles. The van der Waals surface area contributed by atoms with Gasteiger partial charge in [-0.3, -0.25) is 9.79 Å². The molecule has 2 aliphatic rings. The summed E-state index contributed by atoms with van der Waals surface area (Å²) in [6, 6.07) is 6.71. The summed E-state index contributed by atoms with van der Waals surface area (Å²) in [6.07, 6.45) is 9.85. The molecule has 4 rings (SSSR count). The van der Waals surface area contributed by atoms with Crippen molar-refractivity contribution < 1.29 is 4.79 Å². The quantitative estimate of drug-likeness (QED) is 0.489. The third-order valence-corrected chi connectivity index (χ3v) is 6.80. The Labute approximate surface area is 185 Å². The fraction of sp³-hybridized carbons (Fsp3) is 0.600. The number of nitrogens with one attached hydrogen (secondary N) is 3. The van der Waals surface area contributed by atoms with Crippen LogP contribution in [0.25, 0.3) is 10.9 Å². The zero-order chi connectivity index (χ0) is 21.6. The first-order valence-electron chi connectivity index (χ1n) is 12.0. The summed E-state index contributed by atoms with van der Waals surface area (Å²) in [6.45, 7) is 7.44. The van der Waals surface area contributed by atoms with Crippen LogP contribution in [0.5, 0.6) is 0 Å². The molecule has 2 fully saturated rings. The van der Waals surface area contributed by atoms with Crippen molar-refractivity contribution in [1.29, 1.82) is 0 Å². The summed E-state index contributed by atoms with van der Waals surface area (Å²) >= 11 is 0. The Balaban J connectivity index is 1.31. The zero-order valence-corrected chi connectivity index (χ0v) is 19.0. The van der Waals surface area contributed by atoms with E-state index in [4.69, 9.17) is 4.99 Å². The van der Waals surface area contributed by atoms with E-state index in [9.17, 15) is 4.79 Å². The Kier molecular flexibility index (Phi) is 7.15. The van der Waals surface area contributed by atoms with Crippen LogP contribution in [0, 0.1) is 12.8 Å². The monoisotopic (exact) mass is 423 g/mol. The lowest BCUT2D eigenvalue weighted by atomic mass is 9.88. The molecule has 3 N–H and O–H groups in total. The van der Waals surface area contributed by atoms with Gasteiger partial charge in [0, 0.05) is 55.2 Å². The van der Waals surface area contributed by atoms with Gasteiger partial charge < -0.3 is 20.5 Å². The van der Waals surface area contributed by atoms with Crippen LogP contribution in [-0.4, -0.2) is 54.0 Å². The summed E-state index contributed by atoms with van der Waals surface area (Å²) in [7, 11) is 0. The van der Waals surface area contributed by atoms with Crippen LogP contribution >= 0.6 is 0 Å². The van der Waals surface area contributed by atoms with Crippen LogP contribution in [-0.2, 0) is 11.2 Å². The lowest BCUT2D eigenvalue weighted by molar-refractivity contribution is -0.135. The predicted octanol–water partition coefficient (Wildman–Crippen LogP) is 3.76. The molecular weight excluding hydrogens is 386 g/mol. The van der Waals surface area contributed by atoms with Crippen molar-refractivity contribution >= 4 is 22.8 Å². The SMILES string of the molecule is CCNC(=NCCc1c[nH]c2c(C)cccc12)NC1CCN(C(=O)C2CCCCC2)C1. The Morgan fingerprint density at radius 3 is 2.87 bits per heavy atom. The number of guanidine groups is 1. The van der Waals surface area contributed by atoms with Crippen LogP contribution in [0.4, 0.5) is 0 Å². The number of benzene rings is 1. The highest BCUT2D eigenvalue weighted by Crippen LogP contribution is 2.27. The van der Waals surface area contributed by atoms with Crippen molar-refractivity contribution in [2.75, 3.05) is 26.2 Å². The Morgan fingerprint density at radius 2 is 2.06 bits per heavy atom. The fourth-order valence-electron chi connectivity index (χ4n) is 5.06. The molecule has 0 bridgehead atoms. The second-order valence-electron chi connectivity index (χ2n) is 9.07. The van der Waals surface area contributed by atoms with E-state index < -0.39 is 0 Å². The van der Waals surface area contributed by atoms with Gasteiger partial charge in [-0.2, -0.15) is 0 Å². The Hall–Kier alpha value is -2.50. The van der Waals surface area contributed by atoms with E-state index in [1.165, 1.54) is 41.3 Å². The molecule has 6 nitrogen and oxygen atoms in total. The van der Waals surface area contributed by atoms with Crippen LogP contribution in [0.2, 0.25) is 0 Å². The van der Waals surface area contributed by atoms with Gasteiger partial charge >= 0.3 is 0 Å². The summed E-state index contributed by atoms with van der Waals surface area (Å²) in [5, 5.41) is 8.23. The minimum absolute atomic E-state index is 0.259. The number of para-hydroxylation sites is 1. The largest absolute Gasteiger partial charge is 0.361 e. The zero-order valence-electron chi connectivity index (χ0n) is 19.0. The first kappa shape index (κ1) is 21.7. The van der Waals surface area contributed by atoms with Crippen molar-refractivity contribution in [3.8, 4) is 0 Å². The average Bonchev–Trinajstić information content (AvgIpc) is 3.42. The van der Waals surface area contributed by atoms with Gasteiger partial charge in [-0.05, 0) is 50.7 Å². The highest BCUT2D eigenvalue weighted by molar-refractivity contribution is 5.86. The third-order valence-electron chi connectivity index (χ3n) is 6.80. The number of hydrogen-bond donors (Lipinski definition) is 3. The summed E-state index contributed by atoms with van der Waals surface area (Å²) in [5.41, 5.74) is 3.81. The molecule has 1 aliphatic carbocycles. The van der Waals surface area contributed by atoms with Crippen LogP contribution in [0.3, 0.4) is 0 Å². The fourth-order valence-corrected chi connectivity index (χ4v) is 5.06. The number of nitrogens with zero attached hydrogens (tertiary/aromatic N) is 2. The number of aromatic nitrogens is 1. The first-order chi connectivity index (χ1) is 15.2. The number of carbonyl (C=O) groups is 1. The minimum atomic E-state index is 0.259. The molecule has 1 atom stereocenters. The Morgan fingerprint density at radius 1 is 1.23 bits per heavy atom. The van der Waals surface area contributed by atoms with E-state index in [-0.39, 0.29) is 12.0 Å². The molecule has 2 aromatic rings. The molecule has 1 saturated carbocycles. The van der Waals surface area contributed by atoms with E-state index in [0.717, 1.165) is 57.8 Å². The molecule has 0 radical (unpaired) electrons. The van der Waals surface area contributed by atoms with Gasteiger partial charge in [-0.25, -0.2) is 0 Å². The number of aryl methyl sites for hydroxylation is 1. The van der Waals surface area contributed by atoms with Gasteiger partial charge in [0.2, 0.25) is 5.91 Å². The number of amides is 1. The maximum atomic E-state index is 12.8. The maximum absolute atomic E-state index is 12.8. The minimum Gasteiger partial charge on any atom is -0.361 e. The molecular formula is C25H37N5O. The molecule has 0 spiro atoms. The Bertz CT molecular complexity index is 912. The molecule has 6 heteroatoms. The number of aromatic amines is 1. The van der Waals surface area contributed by atoms with Crippen molar-refractivity contribution in [3.05, 3.63) is 35.5 Å². The van der Waals surface area contributed by atoms with E-state index in [2.05, 4.69) is 58.8 Å². The summed E-state index contributed by atoms with van der Waals surface area (Å²) in [5.74, 6) is 1.49. The maximum Gasteiger partial charge on any atom is 0.225 e. The van der Waals surface area contributed by atoms with E-state index in [1.54, 1.807) is 0 Å². The van der Waals surface area contributed by atoms with Gasteiger partial charge in [0.25, 0.3) is 0 Å². The summed E-state index contributed by atoms with van der Waals surface area (Å²) in [4.78, 5) is 23.1. The smallest absolute Gasteiger partial charge is 0.225 e. The molecule has 1 aromatic carbocycles. The van der Waals surface area contributed by atoms with Gasteiger partial charge in [0.05, 0.1) is 0 Å². The van der Waals surface area contributed by atoms with Gasteiger partial charge in [0.1, 0.15) is 0 Å². The van der Waals surface area contributed by atoms with Crippen LogP contribution in [0.15, 0.2) is 29.4 Å².